The largest absolute Gasteiger partial charge is 0.481 e. The molecule has 1 aliphatic carbocycles. The molecule has 0 fully saturated rings. The van der Waals surface area contributed by atoms with Gasteiger partial charge in [-0.2, -0.15) is 0 Å². The second-order valence-electron chi connectivity index (χ2n) is 2.53. The van der Waals surface area contributed by atoms with Gasteiger partial charge < -0.3 is 10.8 Å². The lowest BCUT2D eigenvalue weighted by atomic mass is 9.91. The molecule has 0 heterocycles. The SMILES string of the molecule is NC1CCC=CC1C(=O)O. The summed E-state index contributed by atoms with van der Waals surface area (Å²) in [5.41, 5.74) is 5.55. The summed E-state index contributed by atoms with van der Waals surface area (Å²) in [6.45, 7) is 0. The minimum atomic E-state index is -0.816. The van der Waals surface area contributed by atoms with Crippen molar-refractivity contribution >= 4 is 5.97 Å². The Hall–Kier alpha value is -0.830. The average Bonchev–Trinajstić information content (AvgIpc) is 1.88. The molecule has 2 unspecified atom stereocenters. The summed E-state index contributed by atoms with van der Waals surface area (Å²) in [5, 5.41) is 8.58. The van der Waals surface area contributed by atoms with Crippen molar-refractivity contribution in [1.82, 2.24) is 0 Å². The lowest BCUT2D eigenvalue weighted by Crippen LogP contribution is -2.35. The van der Waals surface area contributed by atoms with E-state index in [2.05, 4.69) is 0 Å². The van der Waals surface area contributed by atoms with E-state index in [1.54, 1.807) is 6.08 Å². The van der Waals surface area contributed by atoms with Crippen LogP contribution in [0.4, 0.5) is 0 Å². The molecular weight excluding hydrogens is 130 g/mol. The van der Waals surface area contributed by atoms with E-state index in [1.807, 2.05) is 6.08 Å². The van der Waals surface area contributed by atoms with Crippen LogP contribution in [0.15, 0.2) is 12.2 Å². The van der Waals surface area contributed by atoms with Crippen LogP contribution in [0.3, 0.4) is 0 Å². The number of nitrogens with two attached hydrogens (primary N) is 1. The number of rotatable bonds is 1. The second-order valence-corrected chi connectivity index (χ2v) is 2.53. The van der Waals surface area contributed by atoms with Gasteiger partial charge in [0.2, 0.25) is 0 Å². The van der Waals surface area contributed by atoms with Crippen LogP contribution in [0.1, 0.15) is 12.8 Å². The molecular formula is C7H11NO2. The average molecular weight is 141 g/mol. The molecule has 0 aromatic rings. The molecule has 0 saturated heterocycles. The zero-order valence-corrected chi connectivity index (χ0v) is 5.66. The van der Waals surface area contributed by atoms with Crippen LogP contribution in [-0.2, 0) is 4.79 Å². The summed E-state index contributed by atoms with van der Waals surface area (Å²) in [5.74, 6) is -1.28. The molecule has 0 bridgehead atoms. The van der Waals surface area contributed by atoms with Crippen molar-refractivity contribution in [2.24, 2.45) is 11.7 Å². The summed E-state index contributed by atoms with van der Waals surface area (Å²) in [6.07, 6.45) is 5.25. The lowest BCUT2D eigenvalue weighted by Gasteiger charge is -2.19. The Bertz CT molecular complexity index is 165. The fourth-order valence-corrected chi connectivity index (χ4v) is 1.12. The van der Waals surface area contributed by atoms with Gasteiger partial charge in [-0.05, 0) is 12.8 Å². The molecule has 0 aliphatic heterocycles. The van der Waals surface area contributed by atoms with E-state index in [-0.39, 0.29) is 6.04 Å². The minimum absolute atomic E-state index is 0.192. The molecule has 0 aromatic heterocycles. The Morgan fingerprint density at radius 2 is 2.40 bits per heavy atom. The molecule has 0 amide bonds. The van der Waals surface area contributed by atoms with Gasteiger partial charge in [0, 0.05) is 6.04 Å². The molecule has 3 nitrogen and oxygen atoms in total. The van der Waals surface area contributed by atoms with Crippen LogP contribution in [-0.4, -0.2) is 17.1 Å². The van der Waals surface area contributed by atoms with Crippen LogP contribution in [0.25, 0.3) is 0 Å². The van der Waals surface area contributed by atoms with Crippen molar-refractivity contribution in [3.63, 3.8) is 0 Å². The number of hydrogen-bond acceptors (Lipinski definition) is 2. The zero-order valence-electron chi connectivity index (χ0n) is 5.66. The summed E-state index contributed by atoms with van der Waals surface area (Å²) < 4.78 is 0. The highest BCUT2D eigenvalue weighted by atomic mass is 16.4. The smallest absolute Gasteiger partial charge is 0.311 e. The van der Waals surface area contributed by atoms with Gasteiger partial charge in [-0.1, -0.05) is 12.2 Å². The van der Waals surface area contributed by atoms with Crippen LogP contribution >= 0.6 is 0 Å². The highest BCUT2D eigenvalue weighted by Gasteiger charge is 2.23. The minimum Gasteiger partial charge on any atom is -0.481 e. The van der Waals surface area contributed by atoms with Gasteiger partial charge in [0.1, 0.15) is 0 Å². The molecule has 1 aliphatic rings. The van der Waals surface area contributed by atoms with Crippen molar-refractivity contribution in [2.75, 3.05) is 0 Å². The predicted octanol–water partition coefficient (Wildman–Crippen LogP) is 0.364. The van der Waals surface area contributed by atoms with E-state index in [4.69, 9.17) is 10.8 Å². The first-order valence-corrected chi connectivity index (χ1v) is 3.37. The standard InChI is InChI=1S/C7H11NO2/c8-6-4-2-1-3-5(6)7(9)10/h1,3,5-6H,2,4,8H2,(H,9,10). The van der Waals surface area contributed by atoms with Gasteiger partial charge in [0.15, 0.2) is 0 Å². The van der Waals surface area contributed by atoms with E-state index in [0.717, 1.165) is 12.8 Å². The number of hydrogen-bond donors (Lipinski definition) is 2. The fraction of sp³-hybridized carbons (Fsp3) is 0.571. The highest BCUT2D eigenvalue weighted by Crippen LogP contribution is 2.15. The van der Waals surface area contributed by atoms with E-state index in [9.17, 15) is 4.79 Å². The van der Waals surface area contributed by atoms with Crippen molar-refractivity contribution in [2.45, 2.75) is 18.9 Å². The van der Waals surface area contributed by atoms with Gasteiger partial charge in [-0.15, -0.1) is 0 Å². The maximum Gasteiger partial charge on any atom is 0.311 e. The van der Waals surface area contributed by atoms with Crippen molar-refractivity contribution in [1.29, 1.82) is 0 Å². The number of allylic oxidation sites excluding steroid dienone is 1. The number of carboxylic acids is 1. The number of carbonyl (C=O) groups is 1. The Balaban J connectivity index is 2.64. The van der Waals surface area contributed by atoms with E-state index in [0.29, 0.717) is 0 Å². The van der Waals surface area contributed by atoms with Crippen LogP contribution in [0, 0.1) is 5.92 Å². The third-order valence-corrected chi connectivity index (χ3v) is 1.76. The van der Waals surface area contributed by atoms with Crippen LogP contribution in [0.2, 0.25) is 0 Å². The van der Waals surface area contributed by atoms with Crippen molar-refractivity contribution < 1.29 is 9.90 Å². The monoisotopic (exact) mass is 141 g/mol. The summed E-state index contributed by atoms with van der Waals surface area (Å²) in [4.78, 5) is 10.4. The first-order valence-electron chi connectivity index (χ1n) is 3.37. The molecule has 3 N–H and O–H groups in total. The fourth-order valence-electron chi connectivity index (χ4n) is 1.12. The first kappa shape index (κ1) is 7.28. The Kier molecular flexibility index (Phi) is 2.06. The Morgan fingerprint density at radius 1 is 1.70 bits per heavy atom. The van der Waals surface area contributed by atoms with E-state index in [1.165, 1.54) is 0 Å². The maximum atomic E-state index is 10.4. The number of carboxylic acid groups (broad SMARTS) is 1. The molecule has 56 valence electrons. The van der Waals surface area contributed by atoms with Gasteiger partial charge >= 0.3 is 5.97 Å². The molecule has 0 radical (unpaired) electrons. The Labute approximate surface area is 59.5 Å². The van der Waals surface area contributed by atoms with Crippen molar-refractivity contribution in [3.8, 4) is 0 Å². The van der Waals surface area contributed by atoms with Crippen LogP contribution < -0.4 is 5.73 Å². The molecule has 2 atom stereocenters. The second kappa shape index (κ2) is 2.84. The molecule has 3 heteroatoms. The first-order chi connectivity index (χ1) is 4.72. The highest BCUT2D eigenvalue weighted by molar-refractivity contribution is 5.73. The lowest BCUT2D eigenvalue weighted by molar-refractivity contribution is -0.140. The zero-order chi connectivity index (χ0) is 7.56. The quantitative estimate of drug-likeness (QED) is 0.518. The molecule has 10 heavy (non-hydrogen) atoms. The van der Waals surface area contributed by atoms with Gasteiger partial charge in [-0.25, -0.2) is 0 Å². The normalized spacial score (nSPS) is 32.1. The third-order valence-electron chi connectivity index (χ3n) is 1.76. The summed E-state index contributed by atoms with van der Waals surface area (Å²) in [6, 6.07) is -0.192. The molecule has 0 spiro atoms. The summed E-state index contributed by atoms with van der Waals surface area (Å²) >= 11 is 0. The van der Waals surface area contributed by atoms with E-state index >= 15 is 0 Å². The van der Waals surface area contributed by atoms with E-state index < -0.39 is 11.9 Å². The summed E-state index contributed by atoms with van der Waals surface area (Å²) in [7, 11) is 0. The maximum absolute atomic E-state index is 10.4. The van der Waals surface area contributed by atoms with Crippen molar-refractivity contribution in [3.05, 3.63) is 12.2 Å². The Morgan fingerprint density at radius 3 is 2.80 bits per heavy atom. The predicted molar refractivity (Wildman–Crippen MR) is 37.5 cm³/mol. The van der Waals surface area contributed by atoms with Gasteiger partial charge in [0.25, 0.3) is 0 Å². The van der Waals surface area contributed by atoms with Gasteiger partial charge in [0.05, 0.1) is 5.92 Å². The molecule has 0 aromatic carbocycles. The number of aliphatic carboxylic acids is 1. The molecule has 1 rings (SSSR count). The topological polar surface area (TPSA) is 63.3 Å². The van der Waals surface area contributed by atoms with Gasteiger partial charge in [-0.3, -0.25) is 4.79 Å². The van der Waals surface area contributed by atoms with Crippen LogP contribution in [0.5, 0.6) is 0 Å². The molecule has 0 saturated carbocycles. The third kappa shape index (κ3) is 1.36.